The number of piperidine rings is 1. The minimum Gasteiger partial charge on any atom is -0.494 e. The van der Waals surface area contributed by atoms with E-state index in [2.05, 4.69) is 36.9 Å². The molecule has 21 heavy (non-hydrogen) atoms. The monoisotopic (exact) mass is 291 g/mol. The second kappa shape index (κ2) is 7.46. The molecule has 1 fully saturated rings. The van der Waals surface area contributed by atoms with E-state index in [1.807, 2.05) is 0 Å². The molecule has 0 aromatic heterocycles. The quantitative estimate of drug-likeness (QED) is 0.819. The lowest BCUT2D eigenvalue weighted by atomic mass is 9.97. The summed E-state index contributed by atoms with van der Waals surface area (Å²) in [4.78, 5) is 13.2. The van der Waals surface area contributed by atoms with Crippen LogP contribution >= 0.6 is 0 Å². The second-order valence-corrected chi connectivity index (χ2v) is 5.98. The Morgan fingerprint density at radius 1 is 1.24 bits per heavy atom. The van der Waals surface area contributed by atoms with Crippen LogP contribution in [0.4, 0.5) is 0 Å². The molecule has 1 aliphatic heterocycles. The van der Waals surface area contributed by atoms with Crippen molar-refractivity contribution in [2.75, 3.05) is 26.2 Å². The summed E-state index contributed by atoms with van der Waals surface area (Å²) < 4.78 is 5.80. The highest BCUT2D eigenvalue weighted by molar-refractivity contribution is 5.70. The summed E-state index contributed by atoms with van der Waals surface area (Å²) >= 11 is 0. The van der Waals surface area contributed by atoms with E-state index in [9.17, 15) is 4.79 Å². The van der Waals surface area contributed by atoms with Gasteiger partial charge in [0.25, 0.3) is 0 Å². The first-order chi connectivity index (χ1) is 10.0. The van der Waals surface area contributed by atoms with Crippen LogP contribution in [0.1, 0.15) is 30.4 Å². The van der Waals surface area contributed by atoms with E-state index >= 15 is 0 Å². The summed E-state index contributed by atoms with van der Waals surface area (Å²) in [7, 11) is 0. The van der Waals surface area contributed by atoms with Crippen molar-refractivity contribution >= 4 is 5.97 Å². The molecule has 4 nitrogen and oxygen atoms in total. The van der Waals surface area contributed by atoms with Crippen molar-refractivity contribution in [2.24, 2.45) is 5.92 Å². The molecule has 116 valence electrons. The number of aliphatic carboxylic acids is 1. The average Bonchev–Trinajstić information content (AvgIpc) is 2.43. The molecule has 0 aliphatic carbocycles. The average molecular weight is 291 g/mol. The van der Waals surface area contributed by atoms with E-state index < -0.39 is 5.97 Å². The van der Waals surface area contributed by atoms with Crippen LogP contribution in [0, 0.1) is 19.8 Å². The normalized spacial score (nSPS) is 16.9. The van der Waals surface area contributed by atoms with Crippen molar-refractivity contribution in [3.63, 3.8) is 0 Å². The Morgan fingerprint density at radius 2 is 1.86 bits per heavy atom. The van der Waals surface area contributed by atoms with E-state index in [4.69, 9.17) is 9.84 Å². The number of hydrogen-bond donors (Lipinski definition) is 1. The third-order valence-corrected chi connectivity index (χ3v) is 4.02. The van der Waals surface area contributed by atoms with Crippen LogP contribution in [0.25, 0.3) is 0 Å². The number of nitrogens with zero attached hydrogens (tertiary/aromatic N) is 1. The van der Waals surface area contributed by atoms with Gasteiger partial charge in [-0.25, -0.2) is 0 Å². The van der Waals surface area contributed by atoms with Crippen LogP contribution in [0.3, 0.4) is 0 Å². The van der Waals surface area contributed by atoms with Gasteiger partial charge in [0.05, 0.1) is 12.5 Å². The van der Waals surface area contributed by atoms with Crippen molar-refractivity contribution in [1.29, 1.82) is 0 Å². The Morgan fingerprint density at radius 3 is 2.43 bits per heavy atom. The number of benzene rings is 1. The molecule has 0 unspecified atom stereocenters. The van der Waals surface area contributed by atoms with Gasteiger partial charge in [0, 0.05) is 6.54 Å². The standard InChI is InChI=1S/C17H25NO3/c1-13-10-14(2)12-16(11-13)21-9-3-6-18-7-4-15(5-8-18)17(19)20/h10-12,15H,3-9H2,1-2H3,(H,19,20). The molecule has 1 aliphatic rings. The summed E-state index contributed by atoms with van der Waals surface area (Å²) in [6, 6.07) is 6.26. The van der Waals surface area contributed by atoms with Gasteiger partial charge in [0.1, 0.15) is 5.75 Å². The predicted molar refractivity (Wildman–Crippen MR) is 82.8 cm³/mol. The molecule has 0 saturated carbocycles. The minimum absolute atomic E-state index is 0.146. The highest BCUT2D eigenvalue weighted by Gasteiger charge is 2.23. The van der Waals surface area contributed by atoms with E-state index in [0.717, 1.165) is 44.6 Å². The van der Waals surface area contributed by atoms with Gasteiger partial charge in [-0.15, -0.1) is 0 Å². The fourth-order valence-electron chi connectivity index (χ4n) is 2.90. The van der Waals surface area contributed by atoms with Gasteiger partial charge in [-0.3, -0.25) is 4.79 Å². The van der Waals surface area contributed by atoms with Gasteiger partial charge in [0.2, 0.25) is 0 Å². The molecule has 1 N–H and O–H groups in total. The van der Waals surface area contributed by atoms with Gasteiger partial charge in [-0.05, 0) is 69.5 Å². The molecule has 0 spiro atoms. The number of ether oxygens (including phenoxy) is 1. The number of aryl methyl sites for hydroxylation is 2. The Kier molecular flexibility index (Phi) is 5.62. The number of hydrogen-bond acceptors (Lipinski definition) is 3. The van der Waals surface area contributed by atoms with Crippen molar-refractivity contribution in [3.05, 3.63) is 29.3 Å². The molecule has 0 bridgehead atoms. The van der Waals surface area contributed by atoms with Gasteiger partial charge >= 0.3 is 5.97 Å². The molecule has 4 heteroatoms. The largest absolute Gasteiger partial charge is 0.494 e. The smallest absolute Gasteiger partial charge is 0.306 e. The van der Waals surface area contributed by atoms with Crippen LogP contribution in [0.5, 0.6) is 5.75 Å². The van der Waals surface area contributed by atoms with Crippen LogP contribution in [0.2, 0.25) is 0 Å². The van der Waals surface area contributed by atoms with Gasteiger partial charge < -0.3 is 14.7 Å². The van der Waals surface area contributed by atoms with Crippen LogP contribution in [-0.4, -0.2) is 42.2 Å². The van der Waals surface area contributed by atoms with Crippen molar-refractivity contribution in [1.82, 2.24) is 4.90 Å². The Hall–Kier alpha value is -1.55. The molecule has 0 atom stereocenters. The molecule has 0 radical (unpaired) electrons. The maximum absolute atomic E-state index is 10.9. The summed E-state index contributed by atoms with van der Waals surface area (Å²) in [5.41, 5.74) is 2.45. The first kappa shape index (κ1) is 15.8. The van der Waals surface area contributed by atoms with E-state index in [-0.39, 0.29) is 5.92 Å². The first-order valence-corrected chi connectivity index (χ1v) is 7.71. The summed E-state index contributed by atoms with van der Waals surface area (Å²) in [5, 5.41) is 8.97. The maximum Gasteiger partial charge on any atom is 0.306 e. The van der Waals surface area contributed by atoms with Crippen molar-refractivity contribution in [3.8, 4) is 5.75 Å². The van der Waals surface area contributed by atoms with Crippen molar-refractivity contribution < 1.29 is 14.6 Å². The summed E-state index contributed by atoms with van der Waals surface area (Å²) in [5.74, 6) is 0.151. The van der Waals surface area contributed by atoms with Gasteiger partial charge in [-0.1, -0.05) is 6.07 Å². The molecule has 0 amide bonds. The predicted octanol–water partition coefficient (Wildman–Crippen LogP) is 2.87. The highest BCUT2D eigenvalue weighted by atomic mass is 16.5. The molecule has 1 aromatic carbocycles. The van der Waals surface area contributed by atoms with Crippen molar-refractivity contribution in [2.45, 2.75) is 33.1 Å². The van der Waals surface area contributed by atoms with Crippen LogP contribution in [0.15, 0.2) is 18.2 Å². The zero-order valence-electron chi connectivity index (χ0n) is 13.0. The Labute approximate surface area is 126 Å². The van der Waals surface area contributed by atoms with E-state index in [1.54, 1.807) is 0 Å². The van der Waals surface area contributed by atoms with E-state index in [0.29, 0.717) is 6.61 Å². The topological polar surface area (TPSA) is 49.8 Å². The SMILES string of the molecule is Cc1cc(C)cc(OCCCN2CCC(C(=O)O)CC2)c1. The Balaban J connectivity index is 1.65. The number of carboxylic acid groups (broad SMARTS) is 1. The first-order valence-electron chi connectivity index (χ1n) is 7.71. The molecule has 1 saturated heterocycles. The Bertz CT molecular complexity index is 459. The molecular weight excluding hydrogens is 266 g/mol. The fourth-order valence-corrected chi connectivity index (χ4v) is 2.90. The maximum atomic E-state index is 10.9. The second-order valence-electron chi connectivity index (χ2n) is 5.98. The zero-order chi connectivity index (χ0) is 15.2. The lowest BCUT2D eigenvalue weighted by Gasteiger charge is -2.29. The summed E-state index contributed by atoms with van der Waals surface area (Å²) in [6.07, 6.45) is 2.52. The lowest BCUT2D eigenvalue weighted by Crippen LogP contribution is -2.37. The number of carbonyl (C=O) groups is 1. The molecule has 2 rings (SSSR count). The summed E-state index contributed by atoms with van der Waals surface area (Å²) in [6.45, 7) is 7.62. The van der Waals surface area contributed by atoms with Crippen LogP contribution < -0.4 is 4.74 Å². The fraction of sp³-hybridized carbons (Fsp3) is 0.588. The lowest BCUT2D eigenvalue weighted by molar-refractivity contribution is -0.143. The molecular formula is C17H25NO3. The third kappa shape index (κ3) is 5.05. The zero-order valence-corrected chi connectivity index (χ0v) is 13.0. The van der Waals surface area contributed by atoms with Gasteiger partial charge in [0.15, 0.2) is 0 Å². The van der Waals surface area contributed by atoms with E-state index in [1.165, 1.54) is 11.1 Å². The minimum atomic E-state index is -0.646. The molecule has 1 heterocycles. The number of likely N-dealkylation sites (tertiary alicyclic amines) is 1. The highest BCUT2D eigenvalue weighted by Crippen LogP contribution is 2.18. The van der Waals surface area contributed by atoms with Gasteiger partial charge in [-0.2, -0.15) is 0 Å². The molecule has 1 aromatic rings. The number of rotatable bonds is 6. The van der Waals surface area contributed by atoms with Crippen LogP contribution in [-0.2, 0) is 4.79 Å². The third-order valence-electron chi connectivity index (χ3n) is 4.02. The number of carboxylic acids is 1.